The van der Waals surface area contributed by atoms with Crippen molar-refractivity contribution in [2.75, 3.05) is 13.7 Å². The second kappa shape index (κ2) is 7.99. The highest BCUT2D eigenvalue weighted by atomic mass is 79.9. The summed E-state index contributed by atoms with van der Waals surface area (Å²) in [7, 11) is 1.23. The van der Waals surface area contributed by atoms with Crippen LogP contribution in [0.1, 0.15) is 36.9 Å². The summed E-state index contributed by atoms with van der Waals surface area (Å²) in [6.07, 6.45) is 1.96. The van der Waals surface area contributed by atoms with Gasteiger partial charge in [-0.15, -0.1) is 4.91 Å². The Hall–Kier alpha value is -1.43. The average Bonchev–Trinajstić information content (AvgIpc) is 2.45. The van der Waals surface area contributed by atoms with E-state index in [1.54, 1.807) is 19.1 Å². The van der Waals surface area contributed by atoms with Gasteiger partial charge in [0.15, 0.2) is 0 Å². The van der Waals surface area contributed by atoms with Gasteiger partial charge in [0.1, 0.15) is 5.75 Å². The highest BCUT2D eigenvalue weighted by Crippen LogP contribution is 2.37. The Bertz CT molecular complexity index is 490. The van der Waals surface area contributed by atoms with Crippen LogP contribution in [0.5, 0.6) is 5.75 Å². The van der Waals surface area contributed by atoms with Gasteiger partial charge in [-0.2, -0.15) is 0 Å². The van der Waals surface area contributed by atoms with Crippen LogP contribution in [-0.2, 0) is 9.53 Å². The minimum absolute atomic E-state index is 0.487. The minimum Gasteiger partial charge on any atom is -0.492 e. The normalized spacial score (nSPS) is 11.8. The van der Waals surface area contributed by atoms with Gasteiger partial charge in [0.05, 0.1) is 18.2 Å². The number of ether oxygens (including phenoxy) is 2. The van der Waals surface area contributed by atoms with Crippen molar-refractivity contribution < 1.29 is 14.3 Å². The zero-order valence-electron chi connectivity index (χ0n) is 11.8. The Morgan fingerprint density at radius 1 is 1.45 bits per heavy atom. The molecule has 5 nitrogen and oxygen atoms in total. The second-order valence-electron chi connectivity index (χ2n) is 4.34. The van der Waals surface area contributed by atoms with E-state index >= 15 is 0 Å². The molecule has 0 amide bonds. The first kappa shape index (κ1) is 16.6. The van der Waals surface area contributed by atoms with Gasteiger partial charge in [0, 0.05) is 5.56 Å². The maximum absolute atomic E-state index is 11.6. The molecular weight excluding hydrogens is 326 g/mol. The van der Waals surface area contributed by atoms with Crippen LogP contribution in [0.15, 0.2) is 21.8 Å². The zero-order valence-corrected chi connectivity index (χ0v) is 13.4. The van der Waals surface area contributed by atoms with Crippen molar-refractivity contribution in [2.45, 2.75) is 32.7 Å². The largest absolute Gasteiger partial charge is 0.492 e. The average molecular weight is 344 g/mol. The van der Waals surface area contributed by atoms with Crippen LogP contribution in [0.25, 0.3) is 0 Å². The summed E-state index contributed by atoms with van der Waals surface area (Å²) in [5, 5.41) is 2.88. The fourth-order valence-electron chi connectivity index (χ4n) is 1.77. The molecule has 0 spiro atoms. The van der Waals surface area contributed by atoms with Crippen molar-refractivity contribution in [3.05, 3.63) is 32.6 Å². The lowest BCUT2D eigenvalue weighted by Gasteiger charge is -2.16. The van der Waals surface area contributed by atoms with Crippen LogP contribution < -0.4 is 4.74 Å². The van der Waals surface area contributed by atoms with Gasteiger partial charge in [0.2, 0.25) is 6.04 Å². The lowest BCUT2D eigenvalue weighted by atomic mass is 10.0. The summed E-state index contributed by atoms with van der Waals surface area (Å²) in [4.78, 5) is 22.6. The van der Waals surface area contributed by atoms with Gasteiger partial charge in [-0.25, -0.2) is 4.79 Å². The molecule has 20 heavy (non-hydrogen) atoms. The predicted molar refractivity (Wildman–Crippen MR) is 79.8 cm³/mol. The fraction of sp³-hybridized carbons (Fsp3) is 0.500. The monoisotopic (exact) mass is 343 g/mol. The number of hydrogen-bond acceptors (Lipinski definition) is 5. The van der Waals surface area contributed by atoms with E-state index in [4.69, 9.17) is 4.74 Å². The lowest BCUT2D eigenvalue weighted by molar-refractivity contribution is -0.142. The van der Waals surface area contributed by atoms with Gasteiger partial charge in [-0.05, 0) is 46.1 Å². The molecule has 0 aliphatic heterocycles. The summed E-state index contributed by atoms with van der Waals surface area (Å²) in [5.74, 6) is -0.0916. The molecule has 0 fully saturated rings. The van der Waals surface area contributed by atoms with Gasteiger partial charge < -0.3 is 9.47 Å². The van der Waals surface area contributed by atoms with E-state index in [-0.39, 0.29) is 0 Å². The Labute approximate surface area is 126 Å². The summed E-state index contributed by atoms with van der Waals surface area (Å²) in [5.41, 5.74) is 1.26. The Kier molecular flexibility index (Phi) is 6.64. The molecule has 110 valence electrons. The van der Waals surface area contributed by atoms with E-state index in [1.165, 1.54) is 7.11 Å². The smallest absolute Gasteiger partial charge is 0.339 e. The molecular formula is C14H18BrNO4. The number of hydrogen-bond donors (Lipinski definition) is 0. The summed E-state index contributed by atoms with van der Waals surface area (Å²) in [6.45, 7) is 4.45. The Balaban J connectivity index is 3.14. The molecule has 0 aliphatic carbocycles. The van der Waals surface area contributed by atoms with Crippen molar-refractivity contribution in [3.8, 4) is 5.75 Å². The van der Waals surface area contributed by atoms with Crippen molar-refractivity contribution in [1.29, 1.82) is 0 Å². The predicted octanol–water partition coefficient (Wildman–Crippen LogP) is 3.92. The van der Waals surface area contributed by atoms with Crippen molar-refractivity contribution in [1.82, 2.24) is 0 Å². The first-order chi connectivity index (χ1) is 9.56. The molecule has 0 saturated heterocycles. The van der Waals surface area contributed by atoms with Crippen LogP contribution >= 0.6 is 15.9 Å². The number of carbonyl (C=O) groups is 1. The molecule has 0 N–H and O–H groups in total. The summed E-state index contributed by atoms with van der Waals surface area (Å²) in [6, 6.07) is 2.41. The molecule has 1 aromatic rings. The van der Waals surface area contributed by atoms with Gasteiger partial charge in [-0.1, -0.05) is 19.4 Å². The number of aryl methyl sites for hydroxylation is 1. The lowest BCUT2D eigenvalue weighted by Crippen LogP contribution is -2.14. The van der Waals surface area contributed by atoms with E-state index in [9.17, 15) is 9.70 Å². The second-order valence-corrected chi connectivity index (χ2v) is 5.13. The molecule has 0 saturated carbocycles. The van der Waals surface area contributed by atoms with Crippen molar-refractivity contribution in [3.63, 3.8) is 0 Å². The van der Waals surface area contributed by atoms with Crippen molar-refractivity contribution >= 4 is 21.9 Å². The SMILES string of the molecule is CCCCOc1ccc(C)c(C(N=O)C(=O)OC)c1Br. The van der Waals surface area contributed by atoms with E-state index < -0.39 is 12.0 Å². The molecule has 1 rings (SSSR count). The van der Waals surface area contributed by atoms with E-state index in [1.807, 2.05) is 0 Å². The fourth-order valence-corrected chi connectivity index (χ4v) is 2.54. The number of nitrogens with zero attached hydrogens (tertiary/aromatic N) is 1. The highest BCUT2D eigenvalue weighted by Gasteiger charge is 2.28. The Morgan fingerprint density at radius 3 is 2.70 bits per heavy atom. The Morgan fingerprint density at radius 2 is 2.15 bits per heavy atom. The number of carbonyl (C=O) groups excluding carboxylic acids is 1. The molecule has 0 radical (unpaired) electrons. The summed E-state index contributed by atoms with van der Waals surface area (Å²) < 4.78 is 10.8. The number of benzene rings is 1. The zero-order chi connectivity index (χ0) is 15.1. The van der Waals surface area contributed by atoms with Gasteiger partial charge >= 0.3 is 5.97 Å². The molecule has 1 atom stereocenters. The van der Waals surface area contributed by atoms with Gasteiger partial charge in [0.25, 0.3) is 0 Å². The van der Waals surface area contributed by atoms with Crippen molar-refractivity contribution in [2.24, 2.45) is 5.18 Å². The van der Waals surface area contributed by atoms with E-state index in [2.05, 4.69) is 32.8 Å². The topological polar surface area (TPSA) is 65.0 Å². The number of rotatable bonds is 7. The number of esters is 1. The number of unbranched alkanes of at least 4 members (excludes halogenated alkanes) is 1. The van der Waals surface area contributed by atoms with Crippen LogP contribution in [0.3, 0.4) is 0 Å². The minimum atomic E-state index is -1.19. The number of halogens is 1. The third-order valence-electron chi connectivity index (χ3n) is 2.92. The van der Waals surface area contributed by atoms with E-state index in [0.29, 0.717) is 22.4 Å². The first-order valence-electron chi connectivity index (χ1n) is 6.38. The van der Waals surface area contributed by atoms with Crippen LogP contribution in [-0.4, -0.2) is 19.7 Å². The molecule has 0 aromatic heterocycles. The molecule has 1 unspecified atom stereocenters. The maximum Gasteiger partial charge on any atom is 0.339 e. The standard InChI is InChI=1S/C14H18BrNO4/c1-4-5-8-20-10-7-6-9(2)11(12(10)15)13(16-18)14(17)19-3/h6-7,13H,4-5,8H2,1-3H3. The molecule has 0 bridgehead atoms. The molecule has 6 heteroatoms. The third-order valence-corrected chi connectivity index (χ3v) is 3.74. The molecule has 0 heterocycles. The maximum atomic E-state index is 11.6. The first-order valence-corrected chi connectivity index (χ1v) is 7.18. The van der Waals surface area contributed by atoms with Crippen LogP contribution in [0, 0.1) is 11.8 Å². The van der Waals surface area contributed by atoms with Crippen LogP contribution in [0.4, 0.5) is 0 Å². The summed E-state index contributed by atoms with van der Waals surface area (Å²) >= 11 is 3.39. The van der Waals surface area contributed by atoms with Crippen LogP contribution in [0.2, 0.25) is 0 Å². The number of methoxy groups -OCH3 is 1. The molecule has 0 aliphatic rings. The van der Waals surface area contributed by atoms with E-state index in [0.717, 1.165) is 18.4 Å². The third kappa shape index (κ3) is 3.79. The highest BCUT2D eigenvalue weighted by molar-refractivity contribution is 9.10. The van der Waals surface area contributed by atoms with Gasteiger partial charge in [-0.3, -0.25) is 0 Å². The molecule has 1 aromatic carbocycles. The quantitative estimate of drug-likeness (QED) is 0.427. The number of nitroso groups, excluding NO2 is 1.